The van der Waals surface area contributed by atoms with Crippen molar-refractivity contribution in [1.29, 1.82) is 0 Å². The van der Waals surface area contributed by atoms with Gasteiger partial charge < -0.3 is 0 Å². The molecule has 2 aliphatic rings. The number of hydrogen-bond donors (Lipinski definition) is 0. The summed E-state index contributed by atoms with van der Waals surface area (Å²) in [5, 5.41) is 0. The molecule has 0 saturated heterocycles. The van der Waals surface area contributed by atoms with Crippen molar-refractivity contribution in [3.8, 4) is 0 Å². The van der Waals surface area contributed by atoms with Crippen molar-refractivity contribution >= 4 is 6.08 Å². The van der Waals surface area contributed by atoms with Gasteiger partial charge in [-0.25, -0.2) is 0 Å². The maximum absolute atomic E-state index is 16.7. The molecule has 0 heterocycles. The van der Waals surface area contributed by atoms with Crippen LogP contribution in [-0.4, -0.2) is 0 Å². The van der Waals surface area contributed by atoms with Gasteiger partial charge in [-0.2, -0.15) is 0 Å². The van der Waals surface area contributed by atoms with E-state index in [1.807, 2.05) is 53.7 Å². The van der Waals surface area contributed by atoms with E-state index in [1.54, 1.807) is 0 Å². The van der Waals surface area contributed by atoms with Crippen molar-refractivity contribution in [1.82, 2.24) is 0 Å². The summed E-state index contributed by atoms with van der Waals surface area (Å²) in [5.41, 5.74) is 9.13. The van der Waals surface area contributed by atoms with E-state index in [-0.39, 0.29) is 0 Å². The Hall–Kier alpha value is -0.817. The van der Waals surface area contributed by atoms with Crippen molar-refractivity contribution in [2.45, 2.75) is 75.0 Å². The first-order chi connectivity index (χ1) is 12.5. The van der Waals surface area contributed by atoms with E-state index in [0.29, 0.717) is 0 Å². The molecular formula is C24H32F2Zr. The second-order valence-electron chi connectivity index (χ2n) is 8.70. The summed E-state index contributed by atoms with van der Waals surface area (Å²) in [5.74, 6) is 0. The predicted octanol–water partition coefficient (Wildman–Crippen LogP) is 8.33. The van der Waals surface area contributed by atoms with Crippen LogP contribution in [0.15, 0.2) is 40.0 Å². The standard InChI is InChI=1S/C12H13.C12H19.2FH.Zr/c1-8-6-11-9(2)4-5-10(3)12(11)7-8;1-6-7-12-10(4)8(2)9(3)11(12)5;;;/h4-7H,1-3H3;6-7H2,1-5H3;2*1H;/q;;;;+2/p-2. The minimum absolute atomic E-state index is 0.653. The summed E-state index contributed by atoms with van der Waals surface area (Å²) in [7, 11) is 0. The van der Waals surface area contributed by atoms with Crippen LogP contribution in [0, 0.1) is 13.8 Å². The van der Waals surface area contributed by atoms with Crippen LogP contribution < -0.4 is 0 Å². The van der Waals surface area contributed by atoms with Crippen LogP contribution in [0.25, 0.3) is 6.08 Å². The summed E-state index contributed by atoms with van der Waals surface area (Å²) in [6, 6.07) is 4.08. The van der Waals surface area contributed by atoms with Gasteiger partial charge in [0.05, 0.1) is 0 Å². The van der Waals surface area contributed by atoms with E-state index in [4.69, 9.17) is 0 Å². The average molecular weight is 450 g/mol. The van der Waals surface area contributed by atoms with E-state index in [1.165, 1.54) is 0 Å². The van der Waals surface area contributed by atoms with Gasteiger partial charge in [-0.15, -0.1) is 0 Å². The monoisotopic (exact) mass is 448 g/mol. The molecule has 2 atom stereocenters. The summed E-state index contributed by atoms with van der Waals surface area (Å²) in [6.07, 6.45) is 3.73. The van der Waals surface area contributed by atoms with Crippen LogP contribution in [0.2, 0.25) is 3.12 Å². The van der Waals surface area contributed by atoms with Crippen molar-refractivity contribution in [2.24, 2.45) is 0 Å². The Balaban J connectivity index is 2.25. The second-order valence-corrected chi connectivity index (χ2v) is 15.6. The summed E-state index contributed by atoms with van der Waals surface area (Å²) >= 11 is -5.72. The molecule has 0 N–H and O–H groups in total. The number of hydrogen-bond acceptors (Lipinski definition) is 0. The molecule has 0 saturated carbocycles. The van der Waals surface area contributed by atoms with Crippen LogP contribution in [0.4, 0.5) is 5.25 Å². The molecule has 3 rings (SSSR count). The third-order valence-electron chi connectivity index (χ3n) is 7.30. The SMILES string of the molecule is CCCC1=C(C)C(C)=C(C)[C]1(C)[Zr]([F])([F])[CH]1C(C)=Cc2c(C)ccc(C)c21. The van der Waals surface area contributed by atoms with E-state index in [9.17, 15) is 0 Å². The van der Waals surface area contributed by atoms with Gasteiger partial charge in [0.25, 0.3) is 0 Å². The number of allylic oxidation sites excluding steroid dienone is 5. The first-order valence-electron chi connectivity index (χ1n) is 10.0. The van der Waals surface area contributed by atoms with Gasteiger partial charge in [-0.05, 0) is 0 Å². The molecule has 2 unspecified atom stereocenters. The van der Waals surface area contributed by atoms with Crippen molar-refractivity contribution < 1.29 is 26.7 Å². The summed E-state index contributed by atoms with van der Waals surface area (Å²) < 4.78 is 31.8. The quantitative estimate of drug-likeness (QED) is 0.433. The molecule has 0 bridgehead atoms. The van der Waals surface area contributed by atoms with Gasteiger partial charge in [-0.1, -0.05) is 0 Å². The normalized spacial score (nSPS) is 25.4. The Morgan fingerprint density at radius 2 is 1.56 bits per heavy atom. The van der Waals surface area contributed by atoms with Gasteiger partial charge in [-0.3, -0.25) is 0 Å². The van der Waals surface area contributed by atoms with Crippen LogP contribution in [0.3, 0.4) is 0 Å². The number of rotatable bonds is 4. The molecule has 0 aromatic heterocycles. The maximum atomic E-state index is 16.7. The molecule has 0 spiro atoms. The predicted molar refractivity (Wildman–Crippen MR) is 109 cm³/mol. The Kier molecular flexibility index (Phi) is 5.35. The van der Waals surface area contributed by atoms with Crippen molar-refractivity contribution in [3.05, 3.63) is 62.3 Å². The average Bonchev–Trinajstić information content (AvgIpc) is 3.05. The zero-order valence-electron chi connectivity index (χ0n) is 18.0. The molecule has 0 fully saturated rings. The number of fused-ring (bicyclic) bond motifs is 1. The van der Waals surface area contributed by atoms with E-state index in [0.717, 1.165) is 63.0 Å². The van der Waals surface area contributed by atoms with Gasteiger partial charge in [0, 0.05) is 0 Å². The van der Waals surface area contributed by atoms with Crippen LogP contribution in [-0.2, 0) is 21.5 Å². The summed E-state index contributed by atoms with van der Waals surface area (Å²) in [4.78, 5) is 0. The first-order valence-corrected chi connectivity index (χ1v) is 14.5. The molecule has 146 valence electrons. The van der Waals surface area contributed by atoms with Gasteiger partial charge in [0.15, 0.2) is 0 Å². The third kappa shape index (κ3) is 2.75. The number of aryl methyl sites for hydroxylation is 2. The topological polar surface area (TPSA) is 0 Å². The fraction of sp³-hybridized carbons (Fsp3) is 0.500. The molecule has 0 amide bonds. The Morgan fingerprint density at radius 1 is 0.963 bits per heavy atom. The van der Waals surface area contributed by atoms with E-state index >= 15 is 5.25 Å². The molecule has 1 aromatic rings. The first kappa shape index (κ1) is 20.9. The number of benzene rings is 1. The zero-order chi connectivity index (χ0) is 20.3. The molecular weight excluding hydrogens is 417 g/mol. The van der Waals surface area contributed by atoms with Crippen LogP contribution in [0.5, 0.6) is 0 Å². The molecule has 0 aliphatic heterocycles. The molecule has 0 radical (unpaired) electrons. The van der Waals surface area contributed by atoms with E-state index < -0.39 is 28.2 Å². The fourth-order valence-electron chi connectivity index (χ4n) is 5.35. The Morgan fingerprint density at radius 3 is 2.15 bits per heavy atom. The minimum atomic E-state index is -5.72. The molecule has 0 nitrogen and oxygen atoms in total. The van der Waals surface area contributed by atoms with Crippen molar-refractivity contribution in [3.63, 3.8) is 0 Å². The van der Waals surface area contributed by atoms with Crippen LogP contribution in [0.1, 0.15) is 80.3 Å². The second kappa shape index (κ2) is 6.91. The van der Waals surface area contributed by atoms with Gasteiger partial charge in [0.1, 0.15) is 0 Å². The van der Waals surface area contributed by atoms with E-state index in [2.05, 4.69) is 19.9 Å². The summed E-state index contributed by atoms with van der Waals surface area (Å²) in [6.45, 7) is 16.0. The molecule has 3 heteroatoms. The Bertz CT molecular complexity index is 901. The molecule has 27 heavy (non-hydrogen) atoms. The number of halogens is 2. The van der Waals surface area contributed by atoms with Gasteiger partial charge >= 0.3 is 170 Å². The van der Waals surface area contributed by atoms with Gasteiger partial charge in [0.2, 0.25) is 0 Å². The van der Waals surface area contributed by atoms with Crippen LogP contribution >= 0.6 is 0 Å². The third-order valence-corrected chi connectivity index (χ3v) is 15.9. The Labute approximate surface area is 169 Å². The fourth-order valence-corrected chi connectivity index (χ4v) is 13.7. The molecule has 1 aromatic carbocycles. The zero-order valence-corrected chi connectivity index (χ0v) is 20.4. The molecule has 2 aliphatic carbocycles. The van der Waals surface area contributed by atoms with Crippen molar-refractivity contribution in [2.75, 3.05) is 0 Å².